The molecule has 4 atom stereocenters. The van der Waals surface area contributed by atoms with Crippen LogP contribution in [0.15, 0.2) is 12.2 Å². The molecule has 2 unspecified atom stereocenters. The molecule has 30 heavy (non-hydrogen) atoms. The van der Waals surface area contributed by atoms with Gasteiger partial charge in [0, 0.05) is 37.3 Å². The summed E-state index contributed by atoms with van der Waals surface area (Å²) >= 11 is 0. The largest absolute Gasteiger partial charge is 0.360 e. The van der Waals surface area contributed by atoms with Crippen molar-refractivity contribution in [1.82, 2.24) is 20.0 Å². The Morgan fingerprint density at radius 1 is 1.37 bits per heavy atom. The van der Waals surface area contributed by atoms with Crippen LogP contribution in [0.25, 0.3) is 0 Å². The minimum absolute atomic E-state index is 0.0582. The summed E-state index contributed by atoms with van der Waals surface area (Å²) in [6, 6.07) is 0. The first-order chi connectivity index (χ1) is 14.5. The summed E-state index contributed by atoms with van der Waals surface area (Å²) in [5, 5.41) is 7.53. The highest BCUT2D eigenvalue weighted by Gasteiger charge is 2.67. The molecule has 1 N–H and O–H groups in total. The summed E-state index contributed by atoms with van der Waals surface area (Å²) in [6.45, 7) is 9.01. The number of aryl methyl sites for hydroxylation is 1. The Balaban J connectivity index is 1.37. The molecule has 2 amide bonds. The Bertz CT molecular complexity index is 876. The van der Waals surface area contributed by atoms with Crippen molar-refractivity contribution in [3.8, 4) is 0 Å². The second kappa shape index (κ2) is 7.22. The maximum atomic E-state index is 13.7. The van der Waals surface area contributed by atoms with Gasteiger partial charge in [0.2, 0.25) is 11.8 Å². The SMILES string of the molecule is CCc1n[nH]c2c1CN(C(=O)C1C3C(=O)N(CC(CC)CC)C[C@]34C=C[C@H]1O4)CC2. The number of nitrogens with one attached hydrogen (secondary N) is 1. The number of H-pyrrole nitrogens is 1. The molecule has 1 aromatic rings. The van der Waals surface area contributed by atoms with Crippen molar-refractivity contribution >= 4 is 11.8 Å². The van der Waals surface area contributed by atoms with E-state index in [4.69, 9.17) is 4.74 Å². The molecule has 4 aliphatic heterocycles. The van der Waals surface area contributed by atoms with E-state index < -0.39 is 11.5 Å². The van der Waals surface area contributed by atoms with Crippen LogP contribution in [0, 0.1) is 17.8 Å². The van der Waals surface area contributed by atoms with Crippen LogP contribution in [0.2, 0.25) is 0 Å². The molecule has 7 heteroatoms. The van der Waals surface area contributed by atoms with Crippen LogP contribution in [0.1, 0.15) is 50.6 Å². The summed E-state index contributed by atoms with van der Waals surface area (Å²) < 4.78 is 6.32. The second-order valence-corrected chi connectivity index (χ2v) is 9.29. The lowest BCUT2D eigenvalue weighted by Gasteiger charge is -2.32. The predicted molar refractivity (Wildman–Crippen MR) is 111 cm³/mol. The quantitative estimate of drug-likeness (QED) is 0.726. The van der Waals surface area contributed by atoms with Crippen molar-refractivity contribution in [2.75, 3.05) is 19.6 Å². The molecule has 0 radical (unpaired) electrons. The molecule has 2 saturated heterocycles. The van der Waals surface area contributed by atoms with Crippen LogP contribution in [0.4, 0.5) is 0 Å². The van der Waals surface area contributed by atoms with Crippen molar-refractivity contribution in [1.29, 1.82) is 0 Å². The van der Waals surface area contributed by atoms with Gasteiger partial charge in [-0.05, 0) is 12.3 Å². The van der Waals surface area contributed by atoms with Crippen molar-refractivity contribution in [3.05, 3.63) is 29.1 Å². The monoisotopic (exact) mass is 412 g/mol. The van der Waals surface area contributed by atoms with E-state index >= 15 is 0 Å². The van der Waals surface area contributed by atoms with E-state index in [9.17, 15) is 9.59 Å². The molecule has 5 rings (SSSR count). The van der Waals surface area contributed by atoms with Crippen LogP contribution in [0.3, 0.4) is 0 Å². The minimum Gasteiger partial charge on any atom is -0.360 e. The number of rotatable bonds is 6. The van der Waals surface area contributed by atoms with E-state index in [1.54, 1.807) is 0 Å². The fourth-order valence-corrected chi connectivity index (χ4v) is 5.92. The van der Waals surface area contributed by atoms with Crippen molar-refractivity contribution in [2.24, 2.45) is 17.8 Å². The number of aromatic amines is 1. The summed E-state index contributed by atoms with van der Waals surface area (Å²) in [5.41, 5.74) is 2.72. The number of carbonyl (C=O) groups is 2. The van der Waals surface area contributed by atoms with Crippen molar-refractivity contribution < 1.29 is 14.3 Å². The van der Waals surface area contributed by atoms with Crippen molar-refractivity contribution in [3.63, 3.8) is 0 Å². The normalized spacial score (nSPS) is 31.7. The van der Waals surface area contributed by atoms with E-state index in [0.29, 0.717) is 25.6 Å². The van der Waals surface area contributed by atoms with Gasteiger partial charge < -0.3 is 14.5 Å². The molecular weight excluding hydrogens is 380 g/mol. The Morgan fingerprint density at radius 2 is 2.17 bits per heavy atom. The van der Waals surface area contributed by atoms with Gasteiger partial charge >= 0.3 is 0 Å². The van der Waals surface area contributed by atoms with Crippen LogP contribution >= 0.6 is 0 Å². The van der Waals surface area contributed by atoms with Crippen LogP contribution in [-0.2, 0) is 33.7 Å². The van der Waals surface area contributed by atoms with Gasteiger partial charge in [0.05, 0.1) is 30.2 Å². The number of fused-ring (bicyclic) bond motifs is 2. The Kier molecular flexibility index (Phi) is 4.76. The summed E-state index contributed by atoms with van der Waals surface area (Å²) in [7, 11) is 0. The predicted octanol–water partition coefficient (Wildman–Crippen LogP) is 2.07. The molecular formula is C23H32N4O3. The van der Waals surface area contributed by atoms with Gasteiger partial charge in [0.25, 0.3) is 0 Å². The number of aromatic nitrogens is 2. The molecule has 0 aliphatic carbocycles. The number of carbonyl (C=O) groups excluding carboxylic acids is 2. The van der Waals surface area contributed by atoms with E-state index in [-0.39, 0.29) is 23.8 Å². The molecule has 4 aliphatic rings. The highest BCUT2D eigenvalue weighted by atomic mass is 16.5. The van der Waals surface area contributed by atoms with Gasteiger partial charge in [0.1, 0.15) is 5.60 Å². The lowest BCUT2D eigenvalue weighted by Crippen LogP contribution is -2.47. The maximum absolute atomic E-state index is 13.7. The third-order valence-electron chi connectivity index (χ3n) is 7.76. The maximum Gasteiger partial charge on any atom is 0.230 e. The Morgan fingerprint density at radius 3 is 2.90 bits per heavy atom. The van der Waals surface area contributed by atoms with Crippen LogP contribution in [0.5, 0.6) is 0 Å². The van der Waals surface area contributed by atoms with Crippen LogP contribution in [-0.4, -0.2) is 63.2 Å². The van der Waals surface area contributed by atoms with E-state index in [0.717, 1.165) is 49.2 Å². The zero-order valence-electron chi connectivity index (χ0n) is 18.2. The fourth-order valence-electron chi connectivity index (χ4n) is 5.92. The summed E-state index contributed by atoms with van der Waals surface area (Å²) in [4.78, 5) is 31.0. The molecule has 1 aromatic heterocycles. The third-order valence-corrected chi connectivity index (χ3v) is 7.76. The van der Waals surface area contributed by atoms with Gasteiger partial charge in [0.15, 0.2) is 0 Å². The number of hydrogen-bond acceptors (Lipinski definition) is 4. The standard InChI is InChI=1S/C23H32N4O3/c1-4-14(5-2)11-27-13-23-9-7-18(30-23)19(20(23)22(27)29)21(28)26-10-8-17-15(12-26)16(6-3)24-25-17/h7,9,14,18-20H,4-6,8,10-13H2,1-3H3,(H,24,25)/t18-,19?,20?,23-/m1/s1. The number of amides is 2. The molecule has 2 fully saturated rings. The third kappa shape index (κ3) is 2.77. The minimum atomic E-state index is -0.612. The highest BCUT2D eigenvalue weighted by Crippen LogP contribution is 2.52. The second-order valence-electron chi connectivity index (χ2n) is 9.29. The molecule has 1 spiro atoms. The van der Waals surface area contributed by atoms with Gasteiger partial charge in [-0.2, -0.15) is 5.10 Å². The number of nitrogens with zero attached hydrogens (tertiary/aromatic N) is 3. The van der Waals surface area contributed by atoms with Gasteiger partial charge in [-0.15, -0.1) is 0 Å². The number of hydrogen-bond donors (Lipinski definition) is 1. The first-order valence-electron chi connectivity index (χ1n) is 11.5. The molecule has 7 nitrogen and oxygen atoms in total. The summed E-state index contributed by atoms with van der Waals surface area (Å²) in [6.07, 6.45) is 7.53. The highest BCUT2D eigenvalue weighted by molar-refractivity contribution is 5.93. The van der Waals surface area contributed by atoms with Gasteiger partial charge in [-0.3, -0.25) is 14.7 Å². The smallest absolute Gasteiger partial charge is 0.230 e. The van der Waals surface area contributed by atoms with E-state index in [1.165, 1.54) is 0 Å². The number of likely N-dealkylation sites (tertiary alicyclic amines) is 1. The molecule has 2 bridgehead atoms. The lowest BCUT2D eigenvalue weighted by atomic mass is 9.76. The average Bonchev–Trinajstić information content (AvgIpc) is 3.50. The average molecular weight is 413 g/mol. The van der Waals surface area contributed by atoms with Gasteiger partial charge in [-0.25, -0.2) is 0 Å². The van der Waals surface area contributed by atoms with Gasteiger partial charge in [-0.1, -0.05) is 45.8 Å². The zero-order valence-corrected chi connectivity index (χ0v) is 18.2. The Hall–Kier alpha value is -2.15. The first kappa shape index (κ1) is 19.8. The topological polar surface area (TPSA) is 78.5 Å². The van der Waals surface area contributed by atoms with E-state index in [2.05, 4.69) is 37.0 Å². The zero-order chi connectivity index (χ0) is 21.0. The summed E-state index contributed by atoms with van der Waals surface area (Å²) in [5.74, 6) is -0.141. The van der Waals surface area contributed by atoms with E-state index in [1.807, 2.05) is 15.9 Å². The molecule has 0 aromatic carbocycles. The Labute approximate surface area is 177 Å². The van der Waals surface area contributed by atoms with Crippen molar-refractivity contribution in [2.45, 2.75) is 64.7 Å². The molecule has 5 heterocycles. The molecule has 162 valence electrons. The lowest BCUT2D eigenvalue weighted by molar-refractivity contribution is -0.144. The number of ether oxygens (including phenoxy) is 1. The fraction of sp³-hybridized carbons (Fsp3) is 0.696. The molecule has 0 saturated carbocycles. The first-order valence-corrected chi connectivity index (χ1v) is 11.5. The van der Waals surface area contributed by atoms with Crippen LogP contribution < -0.4 is 0 Å².